The lowest BCUT2D eigenvalue weighted by molar-refractivity contribution is -0.137. The summed E-state index contributed by atoms with van der Waals surface area (Å²) in [5.41, 5.74) is 3.42. The van der Waals surface area contributed by atoms with Gasteiger partial charge in [-0.1, -0.05) is 24.3 Å². The Bertz CT molecular complexity index is 1990. The third kappa shape index (κ3) is 5.01. The van der Waals surface area contributed by atoms with E-state index >= 15 is 0 Å². The number of piperazine rings is 1. The van der Waals surface area contributed by atoms with Gasteiger partial charge in [0.1, 0.15) is 0 Å². The van der Waals surface area contributed by atoms with E-state index in [1.54, 1.807) is 19.4 Å². The molecule has 0 atom stereocenters. The second kappa shape index (κ2) is 10.7. The highest BCUT2D eigenvalue weighted by molar-refractivity contribution is 6.10. The monoisotopic (exact) mass is 612 g/mol. The molecule has 2 aliphatic rings. The van der Waals surface area contributed by atoms with E-state index < -0.39 is 23.9 Å². The van der Waals surface area contributed by atoms with E-state index in [-0.39, 0.29) is 44.1 Å². The van der Waals surface area contributed by atoms with E-state index in [4.69, 9.17) is 0 Å². The number of para-hydroxylation sites is 1. The highest BCUT2D eigenvalue weighted by Crippen LogP contribution is 2.44. The van der Waals surface area contributed by atoms with Crippen LogP contribution in [0.15, 0.2) is 79.1 Å². The number of hydrogen-bond donors (Lipinski definition) is 1. The van der Waals surface area contributed by atoms with Crippen LogP contribution in [0.5, 0.6) is 0 Å². The van der Waals surface area contributed by atoms with E-state index in [0.717, 1.165) is 28.1 Å². The Kier molecular flexibility index (Phi) is 6.72. The smallest absolute Gasteiger partial charge is 0.418 e. The van der Waals surface area contributed by atoms with Crippen molar-refractivity contribution in [1.82, 2.24) is 19.8 Å². The number of anilines is 3. The number of pyridine rings is 2. The van der Waals surface area contributed by atoms with Crippen molar-refractivity contribution in [2.45, 2.75) is 12.7 Å². The molecule has 12 heteroatoms. The number of benzene rings is 3. The van der Waals surface area contributed by atoms with E-state index in [1.165, 1.54) is 31.7 Å². The fraction of sp³-hybridized carbons (Fsp3) is 0.212. The highest BCUT2D eigenvalue weighted by Gasteiger charge is 2.38. The van der Waals surface area contributed by atoms with Crippen molar-refractivity contribution in [3.8, 4) is 11.1 Å². The zero-order valence-electron chi connectivity index (χ0n) is 24.1. The number of rotatable bonds is 3. The van der Waals surface area contributed by atoms with Gasteiger partial charge in [0.2, 0.25) is 0 Å². The quantitative estimate of drug-likeness (QED) is 0.237. The molecule has 7 rings (SSSR count). The average Bonchev–Trinajstić information content (AvgIpc) is 3.04. The molecule has 9 nitrogen and oxygen atoms in total. The maximum Gasteiger partial charge on any atom is 0.418 e. The Hall–Kier alpha value is -5.39. The minimum Gasteiger partial charge on any atom is -0.465 e. The Morgan fingerprint density at radius 3 is 2.38 bits per heavy atom. The van der Waals surface area contributed by atoms with Gasteiger partial charge in [-0.3, -0.25) is 14.9 Å². The number of halogens is 3. The second-order valence-electron chi connectivity index (χ2n) is 11.2. The van der Waals surface area contributed by atoms with Crippen LogP contribution in [0.1, 0.15) is 11.1 Å². The van der Waals surface area contributed by atoms with Crippen LogP contribution in [0.25, 0.3) is 32.9 Å². The van der Waals surface area contributed by atoms with Gasteiger partial charge in [-0.25, -0.2) is 9.59 Å². The third-order valence-corrected chi connectivity index (χ3v) is 8.42. The van der Waals surface area contributed by atoms with Crippen LogP contribution in [0.2, 0.25) is 0 Å². The number of carbonyl (C=O) groups excluding carboxylic acids is 1. The SMILES string of the molecule is CN1Cc2cnc3ccc(-c4cnc5ccccc5c4)cc3c2N(c2ccc(N3CCN(C(=O)O)CC3)c(C(F)(F)F)c2)C1=O. The first-order chi connectivity index (χ1) is 21.6. The van der Waals surface area contributed by atoms with Gasteiger partial charge in [0.05, 0.1) is 34.5 Å². The molecule has 0 unspecified atom stereocenters. The molecule has 1 fully saturated rings. The largest absolute Gasteiger partial charge is 0.465 e. The third-order valence-electron chi connectivity index (χ3n) is 8.42. The molecule has 228 valence electrons. The van der Waals surface area contributed by atoms with Crippen molar-refractivity contribution >= 4 is 51.0 Å². The first kappa shape index (κ1) is 28.4. The summed E-state index contributed by atoms with van der Waals surface area (Å²) in [5.74, 6) is 0. The molecule has 45 heavy (non-hydrogen) atoms. The molecule has 5 aromatic rings. The summed E-state index contributed by atoms with van der Waals surface area (Å²) >= 11 is 0. The first-order valence-electron chi connectivity index (χ1n) is 14.3. The molecule has 0 saturated carbocycles. The minimum atomic E-state index is -4.72. The lowest BCUT2D eigenvalue weighted by Crippen LogP contribution is -2.48. The van der Waals surface area contributed by atoms with Crippen molar-refractivity contribution in [2.75, 3.05) is 43.0 Å². The number of hydrogen-bond acceptors (Lipinski definition) is 5. The fourth-order valence-corrected chi connectivity index (χ4v) is 6.14. The molecule has 3 aromatic carbocycles. The van der Waals surface area contributed by atoms with Crippen molar-refractivity contribution in [3.63, 3.8) is 0 Å². The van der Waals surface area contributed by atoms with Crippen LogP contribution in [-0.4, -0.2) is 70.2 Å². The second-order valence-corrected chi connectivity index (χ2v) is 11.2. The van der Waals surface area contributed by atoms with Gasteiger partial charge >= 0.3 is 18.3 Å². The summed E-state index contributed by atoms with van der Waals surface area (Å²) < 4.78 is 43.7. The Morgan fingerprint density at radius 1 is 0.867 bits per heavy atom. The van der Waals surface area contributed by atoms with Gasteiger partial charge in [-0.05, 0) is 48.0 Å². The zero-order chi connectivity index (χ0) is 31.5. The first-order valence-corrected chi connectivity index (χ1v) is 14.3. The number of aromatic nitrogens is 2. The fourth-order valence-electron chi connectivity index (χ4n) is 6.14. The predicted octanol–water partition coefficient (Wildman–Crippen LogP) is 6.97. The molecule has 2 aliphatic heterocycles. The van der Waals surface area contributed by atoms with Gasteiger partial charge < -0.3 is 19.8 Å². The maximum absolute atomic E-state index is 14.6. The topological polar surface area (TPSA) is 93.1 Å². The molecular weight excluding hydrogens is 585 g/mol. The van der Waals surface area contributed by atoms with E-state index in [1.807, 2.05) is 48.5 Å². The number of alkyl halides is 3. The Balaban J connectivity index is 1.35. The number of carbonyl (C=O) groups is 2. The van der Waals surface area contributed by atoms with Crippen LogP contribution < -0.4 is 9.80 Å². The normalized spacial score (nSPS) is 15.6. The summed E-state index contributed by atoms with van der Waals surface area (Å²) in [5, 5.41) is 10.9. The molecule has 1 saturated heterocycles. The summed E-state index contributed by atoms with van der Waals surface area (Å²) in [6.45, 7) is 0.654. The Morgan fingerprint density at radius 2 is 1.62 bits per heavy atom. The summed E-state index contributed by atoms with van der Waals surface area (Å²) in [7, 11) is 1.60. The Labute approximate surface area is 255 Å². The van der Waals surface area contributed by atoms with Crippen LogP contribution in [0.4, 0.5) is 39.8 Å². The van der Waals surface area contributed by atoms with Gasteiger partial charge in [0, 0.05) is 73.2 Å². The van der Waals surface area contributed by atoms with Gasteiger partial charge in [-0.2, -0.15) is 13.2 Å². The van der Waals surface area contributed by atoms with Gasteiger partial charge in [0.15, 0.2) is 0 Å². The van der Waals surface area contributed by atoms with Crippen molar-refractivity contribution in [3.05, 3.63) is 90.3 Å². The van der Waals surface area contributed by atoms with Crippen LogP contribution in [-0.2, 0) is 12.7 Å². The van der Waals surface area contributed by atoms with Crippen molar-refractivity contribution < 1.29 is 27.9 Å². The number of amides is 3. The lowest BCUT2D eigenvalue weighted by atomic mass is 9.99. The molecule has 2 aromatic heterocycles. The van der Waals surface area contributed by atoms with Crippen molar-refractivity contribution in [1.29, 1.82) is 0 Å². The van der Waals surface area contributed by atoms with E-state index in [2.05, 4.69) is 9.97 Å². The summed E-state index contributed by atoms with van der Waals surface area (Å²) in [6, 6.07) is 18.8. The maximum atomic E-state index is 14.6. The van der Waals surface area contributed by atoms with E-state index in [0.29, 0.717) is 22.2 Å². The highest BCUT2D eigenvalue weighted by atomic mass is 19.4. The average molecular weight is 613 g/mol. The zero-order valence-corrected chi connectivity index (χ0v) is 24.1. The number of carboxylic acid groups (broad SMARTS) is 1. The summed E-state index contributed by atoms with van der Waals surface area (Å²) in [6.07, 6.45) is -2.40. The molecule has 0 spiro atoms. The molecule has 3 amide bonds. The number of fused-ring (bicyclic) bond motifs is 4. The van der Waals surface area contributed by atoms with Crippen LogP contribution in [0.3, 0.4) is 0 Å². The van der Waals surface area contributed by atoms with Crippen LogP contribution in [0, 0.1) is 0 Å². The minimum absolute atomic E-state index is 0.0556. The number of nitrogens with zero attached hydrogens (tertiary/aromatic N) is 6. The predicted molar refractivity (Wildman–Crippen MR) is 165 cm³/mol. The molecule has 0 radical (unpaired) electrons. The molecule has 1 N–H and O–H groups in total. The summed E-state index contributed by atoms with van der Waals surface area (Å²) in [4.78, 5) is 39.7. The molecule has 0 aliphatic carbocycles. The molecule has 4 heterocycles. The lowest BCUT2D eigenvalue weighted by Gasteiger charge is -2.38. The van der Waals surface area contributed by atoms with Gasteiger partial charge in [-0.15, -0.1) is 0 Å². The molecular formula is C33H27F3N6O3. The van der Waals surface area contributed by atoms with Crippen LogP contribution >= 0.6 is 0 Å². The standard InChI is InChI=1S/C33H27F3N6O3/c1-39-19-23-18-38-28-8-6-20(22-14-21-4-2-3-5-27(21)37-17-22)15-25(28)30(23)42(31(39)43)24-7-9-29(26(16-24)33(34,35)36)40-10-12-41(13-11-40)32(44)45/h2-9,14-18H,10-13,19H2,1H3,(H,44,45). The van der Waals surface area contributed by atoms with E-state index in [9.17, 15) is 27.9 Å². The van der Waals surface area contributed by atoms with Crippen molar-refractivity contribution in [2.24, 2.45) is 0 Å². The molecule has 0 bridgehead atoms. The number of urea groups is 1. The van der Waals surface area contributed by atoms with Gasteiger partial charge in [0.25, 0.3) is 0 Å².